The molecular weight excluding hydrogens is 326 g/mol. The number of carbonyl (C=O) groups excluding carboxylic acids is 3. The Morgan fingerprint density at radius 2 is 1.84 bits per heavy atom. The Morgan fingerprint density at radius 3 is 2.28 bits per heavy atom. The van der Waals surface area contributed by atoms with Crippen molar-refractivity contribution in [2.75, 3.05) is 0 Å². The lowest BCUT2D eigenvalue weighted by molar-refractivity contribution is -0.141. The Bertz CT molecular complexity index is 756. The third-order valence-electron chi connectivity index (χ3n) is 4.70. The maximum atomic E-state index is 12.7. The van der Waals surface area contributed by atoms with Crippen LogP contribution in [-0.2, 0) is 15.1 Å². The van der Waals surface area contributed by atoms with Crippen molar-refractivity contribution in [3.8, 4) is 0 Å². The van der Waals surface area contributed by atoms with E-state index in [1.165, 1.54) is 11.8 Å². The minimum atomic E-state index is -1.19. The number of carboxylic acid groups (broad SMARTS) is 1. The quantitative estimate of drug-likeness (QED) is 0.683. The number of rotatable bonds is 5. The van der Waals surface area contributed by atoms with E-state index in [2.05, 4.69) is 10.6 Å². The molecule has 1 aliphatic carbocycles. The van der Waals surface area contributed by atoms with Gasteiger partial charge in [0.2, 0.25) is 0 Å². The largest absolute Gasteiger partial charge is 0.480 e. The molecule has 1 heterocycles. The molecule has 1 aromatic rings. The molecule has 0 radical (unpaired) electrons. The smallest absolute Gasteiger partial charge is 0.326 e. The Morgan fingerprint density at radius 1 is 1.24 bits per heavy atom. The van der Waals surface area contributed by atoms with Gasteiger partial charge in [-0.25, -0.2) is 9.59 Å². The molecule has 3 N–H and O–H groups in total. The van der Waals surface area contributed by atoms with Gasteiger partial charge in [0.15, 0.2) is 0 Å². The van der Waals surface area contributed by atoms with Crippen molar-refractivity contribution in [3.05, 3.63) is 35.4 Å². The zero-order chi connectivity index (χ0) is 18.4. The number of aliphatic carboxylic acids is 1. The molecule has 1 saturated carbocycles. The first-order valence-electron chi connectivity index (χ1n) is 8.03. The number of hydrogen-bond acceptors (Lipinski definition) is 4. The SMILES string of the molecule is CC(C(=O)O)N(C(=O)c1ccc(C2(C)NC(=O)NC2=O)cc1)C1CC1. The molecule has 1 saturated heterocycles. The molecule has 132 valence electrons. The Labute approximate surface area is 144 Å². The van der Waals surface area contributed by atoms with Crippen molar-refractivity contribution in [3.63, 3.8) is 0 Å². The van der Waals surface area contributed by atoms with Crippen molar-refractivity contribution < 1.29 is 24.3 Å². The Hall–Kier alpha value is -2.90. The van der Waals surface area contributed by atoms with Gasteiger partial charge >= 0.3 is 12.0 Å². The third kappa shape index (κ3) is 2.95. The molecule has 1 aliphatic heterocycles. The molecule has 8 heteroatoms. The van der Waals surface area contributed by atoms with Crippen LogP contribution >= 0.6 is 0 Å². The van der Waals surface area contributed by atoms with Gasteiger partial charge < -0.3 is 15.3 Å². The Kier molecular flexibility index (Phi) is 3.98. The summed E-state index contributed by atoms with van der Waals surface area (Å²) in [5, 5.41) is 14.0. The van der Waals surface area contributed by atoms with E-state index < -0.39 is 29.5 Å². The summed E-state index contributed by atoms with van der Waals surface area (Å²) in [5.74, 6) is -1.86. The van der Waals surface area contributed by atoms with Gasteiger partial charge in [0.25, 0.3) is 11.8 Å². The summed E-state index contributed by atoms with van der Waals surface area (Å²) in [4.78, 5) is 48.7. The van der Waals surface area contributed by atoms with Gasteiger partial charge in [0.1, 0.15) is 11.6 Å². The lowest BCUT2D eigenvalue weighted by Crippen LogP contribution is -2.44. The Balaban J connectivity index is 1.84. The first-order valence-corrected chi connectivity index (χ1v) is 8.03. The number of urea groups is 1. The summed E-state index contributed by atoms with van der Waals surface area (Å²) in [6, 6.07) is 4.76. The van der Waals surface area contributed by atoms with Crippen molar-refractivity contribution in [1.82, 2.24) is 15.5 Å². The van der Waals surface area contributed by atoms with Crippen LogP contribution in [-0.4, -0.2) is 45.9 Å². The molecule has 3 rings (SSSR count). The number of nitrogens with one attached hydrogen (secondary N) is 2. The van der Waals surface area contributed by atoms with E-state index in [4.69, 9.17) is 0 Å². The van der Waals surface area contributed by atoms with Crippen LogP contribution < -0.4 is 10.6 Å². The van der Waals surface area contributed by atoms with Gasteiger partial charge in [-0.05, 0) is 44.4 Å². The van der Waals surface area contributed by atoms with Gasteiger partial charge in [0, 0.05) is 11.6 Å². The van der Waals surface area contributed by atoms with Crippen LogP contribution in [0.4, 0.5) is 4.79 Å². The number of benzene rings is 1. The van der Waals surface area contributed by atoms with Gasteiger partial charge in [-0.15, -0.1) is 0 Å². The highest BCUT2D eigenvalue weighted by Crippen LogP contribution is 2.31. The zero-order valence-electron chi connectivity index (χ0n) is 13.9. The van der Waals surface area contributed by atoms with Crippen LogP contribution in [0, 0.1) is 0 Å². The standard InChI is InChI=1S/C17H19N3O5/c1-9(14(22)23)20(12-7-8-12)13(21)10-3-5-11(6-4-10)17(2)15(24)18-16(25)19-17/h3-6,9,12H,7-8H2,1-2H3,(H,22,23)(H2,18,19,24,25). The molecule has 2 aliphatic rings. The van der Waals surface area contributed by atoms with Crippen LogP contribution in [0.1, 0.15) is 42.6 Å². The first kappa shape index (κ1) is 16.9. The average Bonchev–Trinajstić information content (AvgIpc) is 3.35. The van der Waals surface area contributed by atoms with E-state index in [0.717, 1.165) is 12.8 Å². The lowest BCUT2D eigenvalue weighted by Gasteiger charge is -2.27. The number of carbonyl (C=O) groups is 4. The molecule has 2 unspecified atom stereocenters. The van der Waals surface area contributed by atoms with Crippen LogP contribution in [0.3, 0.4) is 0 Å². The molecule has 25 heavy (non-hydrogen) atoms. The van der Waals surface area contributed by atoms with E-state index in [1.807, 2.05) is 0 Å². The van der Waals surface area contributed by atoms with E-state index in [1.54, 1.807) is 31.2 Å². The van der Waals surface area contributed by atoms with E-state index in [9.17, 15) is 24.3 Å². The summed E-state index contributed by atoms with van der Waals surface area (Å²) in [6.07, 6.45) is 1.59. The molecule has 4 amide bonds. The summed E-state index contributed by atoms with van der Waals surface area (Å²) in [6.45, 7) is 3.07. The first-order chi connectivity index (χ1) is 11.7. The molecule has 8 nitrogen and oxygen atoms in total. The van der Waals surface area contributed by atoms with Crippen molar-refractivity contribution >= 4 is 23.8 Å². The van der Waals surface area contributed by atoms with E-state index >= 15 is 0 Å². The minimum Gasteiger partial charge on any atom is -0.480 e. The second-order valence-electron chi connectivity index (χ2n) is 6.57. The molecular formula is C17H19N3O5. The van der Waals surface area contributed by atoms with Crippen LogP contribution in [0.5, 0.6) is 0 Å². The lowest BCUT2D eigenvalue weighted by atomic mass is 9.91. The molecule has 0 spiro atoms. The third-order valence-corrected chi connectivity index (χ3v) is 4.70. The molecule has 1 aromatic carbocycles. The van der Waals surface area contributed by atoms with Gasteiger partial charge in [-0.2, -0.15) is 0 Å². The highest BCUT2D eigenvalue weighted by Gasteiger charge is 2.43. The second kappa shape index (κ2) is 5.87. The predicted octanol–water partition coefficient (Wildman–Crippen LogP) is 0.819. The second-order valence-corrected chi connectivity index (χ2v) is 6.57. The number of imide groups is 1. The summed E-state index contributed by atoms with van der Waals surface area (Å²) >= 11 is 0. The average molecular weight is 345 g/mol. The minimum absolute atomic E-state index is 0.0457. The number of amides is 4. The fourth-order valence-electron chi connectivity index (χ4n) is 2.97. The topological polar surface area (TPSA) is 116 Å². The zero-order valence-corrected chi connectivity index (χ0v) is 13.9. The van der Waals surface area contributed by atoms with Crippen molar-refractivity contribution in [2.24, 2.45) is 0 Å². The number of nitrogens with zero attached hydrogens (tertiary/aromatic N) is 1. The fraction of sp³-hybridized carbons (Fsp3) is 0.412. The predicted molar refractivity (Wildman–Crippen MR) is 86.8 cm³/mol. The number of carboxylic acids is 1. The maximum Gasteiger partial charge on any atom is 0.326 e. The molecule has 2 fully saturated rings. The highest BCUT2D eigenvalue weighted by molar-refractivity contribution is 6.07. The fourth-order valence-corrected chi connectivity index (χ4v) is 2.97. The van der Waals surface area contributed by atoms with Crippen LogP contribution in [0.25, 0.3) is 0 Å². The van der Waals surface area contributed by atoms with Gasteiger partial charge in [-0.3, -0.25) is 14.9 Å². The summed E-state index contributed by atoms with van der Waals surface area (Å²) < 4.78 is 0. The molecule has 2 atom stereocenters. The summed E-state index contributed by atoms with van der Waals surface area (Å²) in [7, 11) is 0. The molecule has 0 bridgehead atoms. The summed E-state index contributed by atoms with van der Waals surface area (Å²) in [5.41, 5.74) is -0.308. The van der Waals surface area contributed by atoms with E-state index in [0.29, 0.717) is 11.1 Å². The van der Waals surface area contributed by atoms with Crippen LogP contribution in [0.15, 0.2) is 24.3 Å². The molecule has 0 aromatic heterocycles. The highest BCUT2D eigenvalue weighted by atomic mass is 16.4. The van der Waals surface area contributed by atoms with E-state index in [-0.39, 0.29) is 11.9 Å². The monoisotopic (exact) mass is 345 g/mol. The van der Waals surface area contributed by atoms with Crippen molar-refractivity contribution in [2.45, 2.75) is 44.3 Å². The van der Waals surface area contributed by atoms with Crippen LogP contribution in [0.2, 0.25) is 0 Å². The van der Waals surface area contributed by atoms with Gasteiger partial charge in [0.05, 0.1) is 0 Å². The number of hydrogen-bond donors (Lipinski definition) is 3. The normalized spacial score (nSPS) is 23.6. The van der Waals surface area contributed by atoms with Gasteiger partial charge in [-0.1, -0.05) is 12.1 Å². The maximum absolute atomic E-state index is 12.7. The van der Waals surface area contributed by atoms with Crippen molar-refractivity contribution in [1.29, 1.82) is 0 Å².